The molecule has 0 spiro atoms. The predicted molar refractivity (Wildman–Crippen MR) is 111 cm³/mol. The van der Waals surface area contributed by atoms with Crippen LogP contribution in [0.5, 0.6) is 0 Å². The molecule has 33 heavy (non-hydrogen) atoms. The minimum absolute atomic E-state index is 0.146. The van der Waals surface area contributed by atoms with Crippen molar-refractivity contribution in [1.82, 2.24) is 4.90 Å². The highest BCUT2D eigenvalue weighted by molar-refractivity contribution is 6.33. The molecule has 1 saturated heterocycles. The molecule has 0 radical (unpaired) electrons. The number of halogens is 6. The molecule has 2 aliphatic carbocycles. The number of hydrogen-bond donors (Lipinski definition) is 1. The van der Waals surface area contributed by atoms with E-state index in [4.69, 9.17) is 39.5 Å². The fourth-order valence-corrected chi connectivity index (χ4v) is 5.93. The van der Waals surface area contributed by atoms with E-state index >= 15 is 0 Å². The van der Waals surface area contributed by atoms with Crippen LogP contribution in [0, 0.1) is 23.7 Å². The number of fused-ring (bicyclic) bond motifs is 5. The maximum atomic E-state index is 12.8. The van der Waals surface area contributed by atoms with Crippen LogP contribution in [0.15, 0.2) is 18.2 Å². The van der Waals surface area contributed by atoms with Gasteiger partial charge < -0.3 is 10.1 Å². The number of ether oxygens (including phenoxy) is 1. The molecule has 7 nitrogen and oxygen atoms in total. The largest absolute Gasteiger partial charge is 0.454 e. The van der Waals surface area contributed by atoms with Crippen LogP contribution in [0.4, 0.5) is 18.9 Å². The van der Waals surface area contributed by atoms with Crippen LogP contribution in [0.3, 0.4) is 0 Å². The average Bonchev–Trinajstić information content (AvgIpc) is 3.34. The van der Waals surface area contributed by atoms with E-state index in [1.165, 1.54) is 0 Å². The Balaban J connectivity index is 1.33. The molecule has 6 atom stereocenters. The Hall–Kier alpha value is -2.04. The molecular formula is C20H16Cl3F3N2O5. The summed E-state index contributed by atoms with van der Waals surface area (Å²) in [7, 11) is 0. The average molecular weight is 528 g/mol. The number of esters is 1. The summed E-state index contributed by atoms with van der Waals surface area (Å²) in [6.45, 7) is -1.55. The van der Waals surface area contributed by atoms with Crippen molar-refractivity contribution in [2.75, 3.05) is 18.5 Å². The van der Waals surface area contributed by atoms with Crippen molar-refractivity contribution >= 4 is 64.2 Å². The first-order chi connectivity index (χ1) is 15.4. The van der Waals surface area contributed by atoms with Crippen LogP contribution in [-0.2, 0) is 30.1 Å². The third-order valence-corrected chi connectivity index (χ3v) is 7.95. The first-order valence-electron chi connectivity index (χ1n) is 9.85. The molecule has 3 amide bonds. The van der Waals surface area contributed by atoms with Crippen LogP contribution in [0.1, 0.15) is 12.0 Å². The Kier molecular flexibility index (Phi) is 6.30. The molecule has 178 valence electrons. The zero-order valence-electron chi connectivity index (χ0n) is 16.6. The van der Waals surface area contributed by atoms with Gasteiger partial charge in [-0.3, -0.25) is 24.1 Å². The maximum absolute atomic E-state index is 12.8. The van der Waals surface area contributed by atoms with E-state index in [0.29, 0.717) is 12.5 Å². The smallest absolute Gasteiger partial charge is 0.416 e. The van der Waals surface area contributed by atoms with E-state index in [2.05, 4.69) is 5.32 Å². The molecule has 13 heteroatoms. The second-order valence-corrected chi connectivity index (χ2v) is 9.58. The summed E-state index contributed by atoms with van der Waals surface area (Å²) in [5.74, 6) is -4.77. The number of nitrogens with zero attached hydrogens (tertiary/aromatic N) is 1. The summed E-state index contributed by atoms with van der Waals surface area (Å²) < 4.78 is 43.3. The van der Waals surface area contributed by atoms with Crippen molar-refractivity contribution in [3.63, 3.8) is 0 Å². The Bertz CT molecular complexity index is 1000. The summed E-state index contributed by atoms with van der Waals surface area (Å²) in [5, 5.41) is 1.11. The Morgan fingerprint density at radius 2 is 1.67 bits per heavy atom. The number of rotatable bonds is 5. The molecule has 0 unspecified atom stereocenters. The molecule has 1 aromatic rings. The molecule has 1 heterocycles. The number of benzene rings is 1. The molecule has 1 aliphatic heterocycles. The second-order valence-electron chi connectivity index (χ2n) is 8.17. The molecule has 2 saturated carbocycles. The summed E-state index contributed by atoms with van der Waals surface area (Å²) in [5.41, 5.74) is -1.34. The van der Waals surface area contributed by atoms with Gasteiger partial charge in [0.25, 0.3) is 5.91 Å². The Morgan fingerprint density at radius 1 is 1.09 bits per heavy atom. The predicted octanol–water partition coefficient (Wildman–Crippen LogP) is 3.31. The van der Waals surface area contributed by atoms with Crippen LogP contribution in [0.2, 0.25) is 5.02 Å². The van der Waals surface area contributed by atoms with Crippen LogP contribution in [-0.4, -0.2) is 52.5 Å². The van der Waals surface area contributed by atoms with Crippen molar-refractivity contribution in [3.8, 4) is 0 Å². The molecule has 1 aromatic carbocycles. The minimum atomic E-state index is -4.64. The molecular weight excluding hydrogens is 512 g/mol. The number of nitrogens with one attached hydrogen (secondary N) is 1. The monoisotopic (exact) mass is 526 g/mol. The van der Waals surface area contributed by atoms with E-state index in [1.54, 1.807) is 0 Å². The highest BCUT2D eigenvalue weighted by Crippen LogP contribution is 2.59. The number of amides is 3. The number of carbonyl (C=O) groups excluding carboxylic acids is 4. The number of hydrogen-bond acceptors (Lipinski definition) is 5. The zero-order valence-corrected chi connectivity index (χ0v) is 18.8. The van der Waals surface area contributed by atoms with Crippen molar-refractivity contribution in [2.24, 2.45) is 23.7 Å². The van der Waals surface area contributed by atoms with Gasteiger partial charge in [0.05, 0.1) is 38.9 Å². The maximum Gasteiger partial charge on any atom is 0.416 e. The standard InChI is InChI=1S/C20H16Cl3F3N2O5/c21-10-2-1-7(20(24,25)26)3-11(10)27-12(29)6-33-13(30)5-28-18(31)14-8-4-9(15(14)19(28)32)17(23)16(8)22/h1-3,8-9,14-17H,4-6H2,(H,27,29)/t8-,9-,14-,15-,16+,17+/m1/s1. The lowest BCUT2D eigenvalue weighted by Gasteiger charge is -2.28. The molecule has 2 bridgehead atoms. The van der Waals surface area contributed by atoms with E-state index in [9.17, 15) is 32.3 Å². The normalized spacial score (nSPS) is 30.5. The fraction of sp³-hybridized carbons (Fsp3) is 0.500. The third kappa shape index (κ3) is 4.28. The topological polar surface area (TPSA) is 92.8 Å². The van der Waals surface area contributed by atoms with Gasteiger partial charge in [0.15, 0.2) is 6.61 Å². The first kappa shape index (κ1) is 24.1. The van der Waals surface area contributed by atoms with Gasteiger partial charge in [0.2, 0.25) is 11.8 Å². The highest BCUT2D eigenvalue weighted by atomic mass is 35.5. The van der Waals surface area contributed by atoms with Crippen LogP contribution >= 0.6 is 34.8 Å². The number of likely N-dealkylation sites (tertiary alicyclic amines) is 1. The summed E-state index contributed by atoms with van der Waals surface area (Å²) >= 11 is 18.3. The Morgan fingerprint density at radius 3 is 2.21 bits per heavy atom. The van der Waals surface area contributed by atoms with Gasteiger partial charge in [0, 0.05) is 0 Å². The van der Waals surface area contributed by atoms with E-state index in [1.807, 2.05) is 0 Å². The molecule has 1 N–H and O–H groups in total. The van der Waals surface area contributed by atoms with Crippen LogP contribution < -0.4 is 5.32 Å². The number of imide groups is 1. The highest BCUT2D eigenvalue weighted by Gasteiger charge is 2.66. The fourth-order valence-electron chi connectivity index (χ4n) is 4.87. The molecule has 3 aliphatic rings. The van der Waals surface area contributed by atoms with Crippen molar-refractivity contribution in [2.45, 2.75) is 23.4 Å². The van der Waals surface area contributed by atoms with Gasteiger partial charge in [-0.05, 0) is 36.5 Å². The number of carbonyl (C=O) groups is 4. The third-order valence-electron chi connectivity index (χ3n) is 6.30. The lowest BCUT2D eigenvalue weighted by atomic mass is 9.80. The van der Waals surface area contributed by atoms with Gasteiger partial charge in [-0.25, -0.2) is 0 Å². The SMILES string of the molecule is O=C(COC(=O)CN1C(=O)[C@@H]2[C@H]3C[C@@H]([C@H](Cl)[C@H]3Cl)[C@H]2C1=O)Nc1cc(C(F)(F)F)ccc1Cl. The zero-order chi connectivity index (χ0) is 24.2. The summed E-state index contributed by atoms with van der Waals surface area (Å²) in [6.07, 6.45) is -4.07. The quantitative estimate of drug-likeness (QED) is 0.360. The van der Waals surface area contributed by atoms with E-state index in [0.717, 1.165) is 17.0 Å². The van der Waals surface area contributed by atoms with Gasteiger partial charge in [0.1, 0.15) is 6.54 Å². The van der Waals surface area contributed by atoms with Crippen molar-refractivity contribution < 1.29 is 37.1 Å². The van der Waals surface area contributed by atoms with E-state index in [-0.39, 0.29) is 22.5 Å². The van der Waals surface area contributed by atoms with E-state index < -0.39 is 71.2 Å². The minimum Gasteiger partial charge on any atom is -0.454 e. The second kappa shape index (κ2) is 8.63. The van der Waals surface area contributed by atoms with Crippen LogP contribution in [0.25, 0.3) is 0 Å². The van der Waals surface area contributed by atoms with Gasteiger partial charge in [-0.1, -0.05) is 11.6 Å². The molecule has 0 aromatic heterocycles. The lowest BCUT2D eigenvalue weighted by Crippen LogP contribution is -2.38. The lowest BCUT2D eigenvalue weighted by molar-refractivity contribution is -0.154. The molecule has 4 rings (SSSR count). The van der Waals surface area contributed by atoms with Gasteiger partial charge in [-0.2, -0.15) is 13.2 Å². The van der Waals surface area contributed by atoms with Gasteiger partial charge >= 0.3 is 12.1 Å². The number of anilines is 1. The van der Waals surface area contributed by atoms with Crippen molar-refractivity contribution in [1.29, 1.82) is 0 Å². The molecule has 3 fully saturated rings. The number of alkyl halides is 5. The summed E-state index contributed by atoms with van der Waals surface area (Å²) in [6, 6.07) is 2.37. The van der Waals surface area contributed by atoms with Crippen molar-refractivity contribution in [3.05, 3.63) is 28.8 Å². The first-order valence-corrected chi connectivity index (χ1v) is 11.1. The Labute approximate surface area is 200 Å². The van der Waals surface area contributed by atoms with Gasteiger partial charge in [-0.15, -0.1) is 23.2 Å². The summed E-state index contributed by atoms with van der Waals surface area (Å²) in [4.78, 5) is 50.4.